The van der Waals surface area contributed by atoms with Gasteiger partial charge in [0.1, 0.15) is 0 Å². The smallest absolute Gasteiger partial charge is 0.0590 e. The van der Waals surface area contributed by atoms with E-state index in [1.165, 1.54) is 18.5 Å². The van der Waals surface area contributed by atoms with Gasteiger partial charge in [0.25, 0.3) is 0 Å². The number of benzene rings is 1. The third-order valence-corrected chi connectivity index (χ3v) is 5.49. The Morgan fingerprint density at radius 3 is 2.86 bits per heavy atom. The summed E-state index contributed by atoms with van der Waals surface area (Å²) < 4.78 is 5.87. The van der Waals surface area contributed by atoms with Gasteiger partial charge in [0.05, 0.1) is 6.10 Å². The summed E-state index contributed by atoms with van der Waals surface area (Å²) in [4.78, 5) is 2.66. The number of likely N-dealkylation sites (tertiary alicyclic amines) is 1. The van der Waals surface area contributed by atoms with Crippen molar-refractivity contribution >= 4 is 0 Å². The van der Waals surface area contributed by atoms with Gasteiger partial charge in [-0.1, -0.05) is 37.3 Å². The topological polar surface area (TPSA) is 38.5 Å². The van der Waals surface area contributed by atoms with Gasteiger partial charge in [0.2, 0.25) is 0 Å². The van der Waals surface area contributed by atoms with E-state index >= 15 is 0 Å². The highest BCUT2D eigenvalue weighted by Gasteiger charge is 2.43. The van der Waals surface area contributed by atoms with E-state index in [-0.39, 0.29) is 5.54 Å². The van der Waals surface area contributed by atoms with Crippen LogP contribution in [-0.4, -0.2) is 42.8 Å². The van der Waals surface area contributed by atoms with E-state index in [4.69, 9.17) is 10.5 Å². The first-order valence-electron chi connectivity index (χ1n) is 8.39. The molecule has 0 spiro atoms. The zero-order valence-corrected chi connectivity index (χ0v) is 13.1. The first-order valence-corrected chi connectivity index (χ1v) is 8.39. The molecule has 0 saturated carbocycles. The summed E-state index contributed by atoms with van der Waals surface area (Å²) >= 11 is 0. The normalized spacial score (nSPS) is 34.2. The van der Waals surface area contributed by atoms with Crippen LogP contribution in [0.2, 0.25) is 0 Å². The van der Waals surface area contributed by atoms with Crippen molar-refractivity contribution in [1.82, 2.24) is 4.90 Å². The van der Waals surface area contributed by atoms with Gasteiger partial charge in [-0.25, -0.2) is 0 Å². The van der Waals surface area contributed by atoms with Crippen LogP contribution in [-0.2, 0) is 4.74 Å². The molecule has 1 aromatic rings. The zero-order chi connectivity index (χ0) is 14.7. The van der Waals surface area contributed by atoms with Gasteiger partial charge in [-0.2, -0.15) is 0 Å². The average Bonchev–Trinajstić information content (AvgIpc) is 3.06. The minimum atomic E-state index is 0.169. The first-order chi connectivity index (χ1) is 10.3. The maximum absolute atomic E-state index is 6.22. The van der Waals surface area contributed by atoms with Crippen LogP contribution in [0.15, 0.2) is 30.3 Å². The van der Waals surface area contributed by atoms with Crippen molar-refractivity contribution in [2.75, 3.05) is 26.2 Å². The molecule has 0 bridgehead atoms. The van der Waals surface area contributed by atoms with Crippen molar-refractivity contribution < 1.29 is 4.74 Å². The molecule has 2 heterocycles. The van der Waals surface area contributed by atoms with Crippen LogP contribution in [0.5, 0.6) is 0 Å². The molecule has 1 aromatic carbocycles. The predicted octanol–water partition coefficient (Wildman–Crippen LogP) is 2.76. The maximum Gasteiger partial charge on any atom is 0.0590 e. The lowest BCUT2D eigenvalue weighted by Crippen LogP contribution is -2.57. The lowest BCUT2D eigenvalue weighted by atomic mass is 9.84. The summed E-state index contributed by atoms with van der Waals surface area (Å²) in [5.74, 6) is 0.664. The third-order valence-electron chi connectivity index (χ3n) is 5.49. The SMILES string of the molecule is CCC1CC(CN)(N2CCC(c3ccccc3)C2)CCO1. The molecule has 0 radical (unpaired) electrons. The fourth-order valence-corrected chi connectivity index (χ4v) is 4.05. The highest BCUT2D eigenvalue weighted by Crippen LogP contribution is 2.37. The molecule has 2 saturated heterocycles. The fraction of sp³-hybridized carbons (Fsp3) is 0.667. The second-order valence-electron chi connectivity index (χ2n) is 6.63. The Balaban J connectivity index is 1.71. The molecule has 2 fully saturated rings. The van der Waals surface area contributed by atoms with Crippen molar-refractivity contribution in [2.45, 2.75) is 50.2 Å². The van der Waals surface area contributed by atoms with Gasteiger partial charge in [-0.05, 0) is 43.7 Å². The van der Waals surface area contributed by atoms with Crippen LogP contribution in [0.25, 0.3) is 0 Å². The van der Waals surface area contributed by atoms with E-state index in [0.29, 0.717) is 12.0 Å². The molecule has 2 N–H and O–H groups in total. The monoisotopic (exact) mass is 288 g/mol. The van der Waals surface area contributed by atoms with Crippen LogP contribution < -0.4 is 5.73 Å². The minimum absolute atomic E-state index is 0.169. The lowest BCUT2D eigenvalue weighted by molar-refractivity contribution is -0.0660. The van der Waals surface area contributed by atoms with Crippen molar-refractivity contribution in [2.24, 2.45) is 5.73 Å². The van der Waals surface area contributed by atoms with Crippen LogP contribution in [0.4, 0.5) is 0 Å². The molecular formula is C18H28N2O. The second kappa shape index (κ2) is 6.47. The lowest BCUT2D eigenvalue weighted by Gasteiger charge is -2.46. The molecule has 0 aliphatic carbocycles. The molecule has 3 unspecified atom stereocenters. The largest absolute Gasteiger partial charge is 0.378 e. The molecule has 3 heteroatoms. The first kappa shape index (κ1) is 15.0. The fourth-order valence-electron chi connectivity index (χ4n) is 4.05. The van der Waals surface area contributed by atoms with E-state index < -0.39 is 0 Å². The molecule has 21 heavy (non-hydrogen) atoms. The Morgan fingerprint density at radius 2 is 2.14 bits per heavy atom. The van der Waals surface area contributed by atoms with Gasteiger partial charge in [-0.3, -0.25) is 4.90 Å². The second-order valence-corrected chi connectivity index (χ2v) is 6.63. The average molecular weight is 288 g/mol. The molecule has 3 nitrogen and oxygen atoms in total. The Hall–Kier alpha value is -0.900. The molecule has 0 aromatic heterocycles. The summed E-state index contributed by atoms with van der Waals surface area (Å²) in [6, 6.07) is 10.9. The van der Waals surface area contributed by atoms with Gasteiger partial charge in [-0.15, -0.1) is 0 Å². The van der Waals surface area contributed by atoms with E-state index in [1.54, 1.807) is 0 Å². The van der Waals surface area contributed by atoms with Crippen molar-refractivity contribution in [1.29, 1.82) is 0 Å². The molecule has 2 aliphatic heterocycles. The molecule has 116 valence electrons. The number of hydrogen-bond acceptors (Lipinski definition) is 3. The summed E-state index contributed by atoms with van der Waals surface area (Å²) in [6.07, 6.45) is 4.92. The van der Waals surface area contributed by atoms with Gasteiger partial charge in [0, 0.05) is 25.2 Å². The van der Waals surface area contributed by atoms with Crippen LogP contribution in [0, 0.1) is 0 Å². The van der Waals surface area contributed by atoms with E-state index in [1.807, 2.05) is 0 Å². The number of ether oxygens (including phenoxy) is 1. The van der Waals surface area contributed by atoms with Crippen molar-refractivity contribution in [3.8, 4) is 0 Å². The van der Waals surface area contributed by atoms with Gasteiger partial charge < -0.3 is 10.5 Å². The summed E-state index contributed by atoms with van der Waals surface area (Å²) in [5, 5.41) is 0. The number of hydrogen-bond donors (Lipinski definition) is 1. The molecule has 3 atom stereocenters. The predicted molar refractivity (Wildman–Crippen MR) is 86.4 cm³/mol. The highest BCUT2D eigenvalue weighted by molar-refractivity contribution is 5.21. The van der Waals surface area contributed by atoms with Crippen LogP contribution in [0.1, 0.15) is 44.1 Å². The zero-order valence-electron chi connectivity index (χ0n) is 13.1. The van der Waals surface area contributed by atoms with Crippen molar-refractivity contribution in [3.05, 3.63) is 35.9 Å². The quantitative estimate of drug-likeness (QED) is 0.926. The van der Waals surface area contributed by atoms with Crippen LogP contribution >= 0.6 is 0 Å². The number of nitrogens with zero attached hydrogens (tertiary/aromatic N) is 1. The van der Waals surface area contributed by atoms with Crippen molar-refractivity contribution in [3.63, 3.8) is 0 Å². The van der Waals surface area contributed by atoms with E-state index in [2.05, 4.69) is 42.2 Å². The number of rotatable bonds is 4. The molecule has 0 amide bonds. The summed E-state index contributed by atoms with van der Waals surface area (Å²) in [5.41, 5.74) is 7.87. The van der Waals surface area contributed by atoms with Gasteiger partial charge in [0.15, 0.2) is 0 Å². The Kier molecular flexibility index (Phi) is 4.63. The Labute approximate surface area is 128 Å². The Morgan fingerprint density at radius 1 is 1.33 bits per heavy atom. The highest BCUT2D eigenvalue weighted by atomic mass is 16.5. The molecule has 2 aliphatic rings. The van der Waals surface area contributed by atoms with E-state index in [9.17, 15) is 0 Å². The van der Waals surface area contributed by atoms with Gasteiger partial charge >= 0.3 is 0 Å². The molecular weight excluding hydrogens is 260 g/mol. The van der Waals surface area contributed by atoms with Crippen LogP contribution in [0.3, 0.4) is 0 Å². The standard InChI is InChI=1S/C18H28N2O/c1-2-17-12-18(14-19,9-11-21-17)20-10-8-16(13-20)15-6-4-3-5-7-15/h3-7,16-17H,2,8-14,19H2,1H3. The third kappa shape index (κ3) is 3.01. The Bertz CT molecular complexity index is 450. The summed E-state index contributed by atoms with van der Waals surface area (Å²) in [6.45, 7) is 6.16. The minimum Gasteiger partial charge on any atom is -0.378 e. The number of nitrogens with two attached hydrogens (primary N) is 1. The van der Waals surface area contributed by atoms with E-state index in [0.717, 1.165) is 39.0 Å². The maximum atomic E-state index is 6.22. The molecule has 3 rings (SSSR count). The summed E-state index contributed by atoms with van der Waals surface area (Å²) in [7, 11) is 0.